The Labute approximate surface area is 187 Å². The van der Waals surface area contributed by atoms with Crippen molar-refractivity contribution in [2.75, 3.05) is 44.4 Å². The molecule has 160 valence electrons. The molecule has 0 radical (unpaired) electrons. The number of methoxy groups -OCH3 is 1. The molecule has 30 heavy (non-hydrogen) atoms. The first kappa shape index (κ1) is 22.6. The molecule has 0 saturated heterocycles. The van der Waals surface area contributed by atoms with Gasteiger partial charge in [-0.15, -0.1) is 11.8 Å². The van der Waals surface area contributed by atoms with Crippen molar-refractivity contribution in [2.45, 2.75) is 25.7 Å². The molecule has 0 spiro atoms. The van der Waals surface area contributed by atoms with E-state index in [9.17, 15) is 4.79 Å². The highest BCUT2D eigenvalue weighted by molar-refractivity contribution is 7.98. The summed E-state index contributed by atoms with van der Waals surface area (Å²) in [6, 6.07) is 11.8. The van der Waals surface area contributed by atoms with Gasteiger partial charge < -0.3 is 9.64 Å². The third kappa shape index (κ3) is 4.79. The van der Waals surface area contributed by atoms with E-state index in [4.69, 9.17) is 9.72 Å². The number of thiazole rings is 1. The number of nitrogens with zero attached hydrogens (tertiary/aromatic N) is 3. The van der Waals surface area contributed by atoms with E-state index in [1.165, 1.54) is 0 Å². The summed E-state index contributed by atoms with van der Waals surface area (Å²) in [6.07, 6.45) is 2.02. The number of ether oxygens (including phenoxy) is 1. The smallest absolute Gasteiger partial charge is 0.260 e. The van der Waals surface area contributed by atoms with Crippen LogP contribution in [0.5, 0.6) is 5.75 Å². The fraction of sp³-hybridized carbons (Fsp3) is 0.391. The van der Waals surface area contributed by atoms with E-state index in [2.05, 4.69) is 25.7 Å². The van der Waals surface area contributed by atoms with Crippen LogP contribution in [-0.4, -0.2) is 55.3 Å². The minimum atomic E-state index is -0.0197. The molecule has 0 atom stereocenters. The Kier molecular flexibility index (Phi) is 7.75. The van der Waals surface area contributed by atoms with Gasteiger partial charge in [0.2, 0.25) is 0 Å². The molecule has 3 rings (SSSR count). The summed E-state index contributed by atoms with van der Waals surface area (Å²) in [7, 11) is 1.65. The van der Waals surface area contributed by atoms with Gasteiger partial charge in [0.25, 0.3) is 5.91 Å². The number of carbonyl (C=O) groups excluding carboxylic acids is 1. The molecule has 1 aromatic heterocycles. The number of rotatable bonds is 9. The van der Waals surface area contributed by atoms with Crippen LogP contribution in [0.3, 0.4) is 0 Å². The number of anilines is 1. The summed E-state index contributed by atoms with van der Waals surface area (Å²) in [6.45, 7) is 9.64. The number of carbonyl (C=O) groups is 1. The maximum absolute atomic E-state index is 13.6. The SMILES string of the molecule is CCN(CC)CCN(C(=O)c1cccc(SC)c1)c1nc2c(OC)ccc(C)c2s1. The molecular weight excluding hydrogens is 414 g/mol. The molecule has 0 aliphatic heterocycles. The molecule has 3 aromatic rings. The van der Waals surface area contributed by atoms with Gasteiger partial charge in [-0.05, 0) is 56.1 Å². The fourth-order valence-corrected chi connectivity index (χ4v) is 4.89. The molecule has 0 fully saturated rings. The van der Waals surface area contributed by atoms with Crippen LogP contribution in [0.1, 0.15) is 29.8 Å². The molecule has 0 saturated carbocycles. The zero-order valence-electron chi connectivity index (χ0n) is 18.3. The number of amides is 1. The normalized spacial score (nSPS) is 11.3. The van der Waals surface area contributed by atoms with E-state index < -0.39 is 0 Å². The maximum atomic E-state index is 13.6. The summed E-state index contributed by atoms with van der Waals surface area (Å²) < 4.78 is 6.57. The molecule has 0 N–H and O–H groups in total. The third-order valence-electron chi connectivity index (χ3n) is 5.24. The first-order valence-electron chi connectivity index (χ1n) is 10.1. The number of hydrogen-bond donors (Lipinski definition) is 0. The molecule has 0 aliphatic rings. The van der Waals surface area contributed by atoms with Gasteiger partial charge in [0.1, 0.15) is 11.3 Å². The first-order chi connectivity index (χ1) is 14.5. The Hall–Kier alpha value is -2.09. The quantitative estimate of drug-likeness (QED) is 0.419. The van der Waals surface area contributed by atoms with Crippen molar-refractivity contribution in [3.05, 3.63) is 47.5 Å². The maximum Gasteiger partial charge on any atom is 0.260 e. The van der Waals surface area contributed by atoms with Crippen LogP contribution < -0.4 is 9.64 Å². The van der Waals surface area contributed by atoms with Crippen molar-refractivity contribution in [3.8, 4) is 5.75 Å². The molecule has 0 unspecified atom stereocenters. The van der Waals surface area contributed by atoms with E-state index >= 15 is 0 Å². The zero-order chi connectivity index (χ0) is 21.7. The molecular formula is C23H29N3O2S2. The summed E-state index contributed by atoms with van der Waals surface area (Å²) in [5, 5.41) is 0.712. The van der Waals surface area contributed by atoms with Crippen molar-refractivity contribution >= 4 is 44.4 Å². The minimum absolute atomic E-state index is 0.0197. The predicted octanol–water partition coefficient (Wildman–Crippen LogP) is 5.32. The largest absolute Gasteiger partial charge is 0.494 e. The van der Waals surface area contributed by atoms with Crippen LogP contribution in [0, 0.1) is 6.92 Å². The van der Waals surface area contributed by atoms with Gasteiger partial charge in [-0.3, -0.25) is 9.69 Å². The van der Waals surface area contributed by atoms with Gasteiger partial charge in [0.15, 0.2) is 5.13 Å². The average Bonchev–Trinajstić information content (AvgIpc) is 3.23. The lowest BCUT2D eigenvalue weighted by Gasteiger charge is -2.25. The monoisotopic (exact) mass is 443 g/mol. The highest BCUT2D eigenvalue weighted by Gasteiger charge is 2.23. The second kappa shape index (κ2) is 10.3. The highest BCUT2D eigenvalue weighted by Crippen LogP contribution is 2.37. The number of hydrogen-bond acceptors (Lipinski definition) is 6. The second-order valence-electron chi connectivity index (χ2n) is 6.97. The Morgan fingerprint density at radius 3 is 2.60 bits per heavy atom. The number of aromatic nitrogens is 1. The number of aryl methyl sites for hydroxylation is 1. The van der Waals surface area contributed by atoms with Crippen LogP contribution in [0.15, 0.2) is 41.3 Å². The first-order valence-corrected chi connectivity index (χ1v) is 12.2. The highest BCUT2D eigenvalue weighted by atomic mass is 32.2. The third-order valence-corrected chi connectivity index (χ3v) is 7.18. The van der Waals surface area contributed by atoms with Crippen LogP contribution in [0.2, 0.25) is 0 Å². The fourth-order valence-electron chi connectivity index (χ4n) is 3.36. The summed E-state index contributed by atoms with van der Waals surface area (Å²) in [4.78, 5) is 23.6. The van der Waals surface area contributed by atoms with E-state index in [0.29, 0.717) is 17.2 Å². The van der Waals surface area contributed by atoms with Gasteiger partial charge in [-0.1, -0.05) is 37.3 Å². The van der Waals surface area contributed by atoms with Crippen LogP contribution in [0.25, 0.3) is 10.2 Å². The molecule has 2 aromatic carbocycles. The van der Waals surface area contributed by atoms with Crippen LogP contribution in [0.4, 0.5) is 5.13 Å². The molecule has 0 bridgehead atoms. The summed E-state index contributed by atoms with van der Waals surface area (Å²) >= 11 is 3.19. The molecule has 5 nitrogen and oxygen atoms in total. The Balaban J connectivity index is 2.03. The average molecular weight is 444 g/mol. The van der Waals surface area contributed by atoms with E-state index in [1.54, 1.807) is 30.2 Å². The minimum Gasteiger partial charge on any atom is -0.494 e. The Morgan fingerprint density at radius 1 is 1.17 bits per heavy atom. The van der Waals surface area contributed by atoms with Gasteiger partial charge >= 0.3 is 0 Å². The van der Waals surface area contributed by atoms with Gasteiger partial charge in [-0.25, -0.2) is 4.98 Å². The lowest BCUT2D eigenvalue weighted by atomic mass is 10.2. The number of likely N-dealkylation sites (N-methyl/N-ethyl adjacent to an activating group) is 1. The topological polar surface area (TPSA) is 45.7 Å². The molecule has 7 heteroatoms. The van der Waals surface area contributed by atoms with Crippen LogP contribution in [-0.2, 0) is 0 Å². The standard InChI is InChI=1S/C23H29N3O2S2/c1-6-25(7-2)13-14-26(22(27)17-9-8-10-18(15-17)29-5)23-24-20-19(28-4)12-11-16(3)21(20)30-23/h8-12,15H,6-7,13-14H2,1-5H3. The van der Waals surface area contributed by atoms with Crippen LogP contribution >= 0.6 is 23.1 Å². The molecule has 1 heterocycles. The Morgan fingerprint density at radius 2 is 1.93 bits per heavy atom. The van der Waals surface area contributed by atoms with Crippen molar-refractivity contribution in [1.29, 1.82) is 0 Å². The Bertz CT molecular complexity index is 1010. The molecule has 0 aliphatic carbocycles. The summed E-state index contributed by atoms with van der Waals surface area (Å²) in [5.74, 6) is 0.715. The van der Waals surface area contributed by atoms with Crippen molar-refractivity contribution in [2.24, 2.45) is 0 Å². The van der Waals surface area contributed by atoms with Crippen molar-refractivity contribution in [1.82, 2.24) is 9.88 Å². The van der Waals surface area contributed by atoms with Gasteiger partial charge in [0.05, 0.1) is 11.8 Å². The van der Waals surface area contributed by atoms with E-state index in [-0.39, 0.29) is 5.91 Å². The number of thioether (sulfide) groups is 1. The number of benzene rings is 2. The summed E-state index contributed by atoms with van der Waals surface area (Å²) in [5.41, 5.74) is 2.63. The van der Waals surface area contributed by atoms with E-state index in [0.717, 1.165) is 46.1 Å². The number of fused-ring (bicyclic) bond motifs is 1. The lowest BCUT2D eigenvalue weighted by Crippen LogP contribution is -2.38. The van der Waals surface area contributed by atoms with Gasteiger partial charge in [0, 0.05) is 23.5 Å². The van der Waals surface area contributed by atoms with Crippen molar-refractivity contribution in [3.63, 3.8) is 0 Å². The van der Waals surface area contributed by atoms with Crippen molar-refractivity contribution < 1.29 is 9.53 Å². The van der Waals surface area contributed by atoms with E-state index in [1.807, 2.05) is 47.6 Å². The van der Waals surface area contributed by atoms with Gasteiger partial charge in [-0.2, -0.15) is 0 Å². The lowest BCUT2D eigenvalue weighted by molar-refractivity contribution is 0.0983. The molecule has 1 amide bonds. The predicted molar refractivity (Wildman–Crippen MR) is 129 cm³/mol. The second-order valence-corrected chi connectivity index (χ2v) is 8.83. The zero-order valence-corrected chi connectivity index (χ0v) is 19.9.